The molecule has 0 aliphatic heterocycles. The van der Waals surface area contributed by atoms with Crippen LogP contribution in [0.5, 0.6) is 0 Å². The monoisotopic (exact) mass is 293 g/mol. The van der Waals surface area contributed by atoms with Gasteiger partial charge in [0.05, 0.1) is 6.54 Å². The number of carbonyl (C=O) groups excluding carboxylic acids is 1. The zero-order valence-corrected chi connectivity index (χ0v) is 13.2. The fourth-order valence-electron chi connectivity index (χ4n) is 2.03. The van der Waals surface area contributed by atoms with E-state index in [0.29, 0.717) is 11.5 Å². The van der Waals surface area contributed by atoms with Crippen LogP contribution in [0.25, 0.3) is 0 Å². The molecule has 0 aliphatic carbocycles. The summed E-state index contributed by atoms with van der Waals surface area (Å²) in [5.74, 6) is 0.0224. The lowest BCUT2D eigenvalue weighted by molar-refractivity contribution is -0.120. The third-order valence-electron chi connectivity index (χ3n) is 3.08. The second kappa shape index (κ2) is 7.85. The van der Waals surface area contributed by atoms with Crippen LogP contribution in [0, 0.1) is 0 Å². The standard InChI is InChI=1S/C15H23N3OS/c1-4-6-11(2)17-14(19)10-18(3)13-8-5-7-12(9-13)15(16)20/h5,7-9,11H,4,6,10H2,1-3H3,(H2,16,20)(H,17,19). The van der Waals surface area contributed by atoms with Crippen molar-refractivity contribution in [2.24, 2.45) is 5.73 Å². The second-order valence-electron chi connectivity index (χ2n) is 5.03. The smallest absolute Gasteiger partial charge is 0.239 e. The number of carbonyl (C=O) groups is 1. The molecule has 0 aromatic heterocycles. The highest BCUT2D eigenvalue weighted by Crippen LogP contribution is 2.14. The number of hydrogen-bond acceptors (Lipinski definition) is 3. The minimum atomic E-state index is 0.0224. The molecule has 0 fully saturated rings. The molecule has 0 heterocycles. The van der Waals surface area contributed by atoms with Gasteiger partial charge in [-0.25, -0.2) is 0 Å². The predicted octanol–water partition coefficient (Wildman–Crippen LogP) is 2.06. The van der Waals surface area contributed by atoms with E-state index in [1.165, 1.54) is 0 Å². The van der Waals surface area contributed by atoms with Crippen molar-refractivity contribution in [3.05, 3.63) is 29.8 Å². The van der Waals surface area contributed by atoms with E-state index < -0.39 is 0 Å². The molecule has 110 valence electrons. The fraction of sp³-hybridized carbons (Fsp3) is 0.467. The van der Waals surface area contributed by atoms with Crippen LogP contribution in [0.4, 0.5) is 5.69 Å². The molecule has 1 atom stereocenters. The van der Waals surface area contributed by atoms with Crippen molar-refractivity contribution in [2.75, 3.05) is 18.5 Å². The van der Waals surface area contributed by atoms with Crippen molar-refractivity contribution >= 4 is 28.8 Å². The summed E-state index contributed by atoms with van der Waals surface area (Å²) in [5, 5.41) is 2.99. The molecular weight excluding hydrogens is 270 g/mol. The number of hydrogen-bond donors (Lipinski definition) is 2. The summed E-state index contributed by atoms with van der Waals surface area (Å²) in [4.78, 5) is 14.2. The molecule has 0 radical (unpaired) electrons. The van der Waals surface area contributed by atoms with Crippen molar-refractivity contribution in [3.8, 4) is 0 Å². The molecule has 1 unspecified atom stereocenters. The molecule has 0 saturated carbocycles. The van der Waals surface area contributed by atoms with Gasteiger partial charge in [-0.1, -0.05) is 37.7 Å². The molecule has 20 heavy (non-hydrogen) atoms. The number of likely N-dealkylation sites (N-methyl/N-ethyl adjacent to an activating group) is 1. The quantitative estimate of drug-likeness (QED) is 0.756. The number of nitrogens with one attached hydrogen (secondary N) is 1. The lowest BCUT2D eigenvalue weighted by Gasteiger charge is -2.21. The Morgan fingerprint density at radius 3 is 2.80 bits per heavy atom. The molecule has 1 aromatic carbocycles. The molecule has 4 nitrogen and oxygen atoms in total. The van der Waals surface area contributed by atoms with E-state index in [4.69, 9.17) is 18.0 Å². The molecular formula is C15H23N3OS. The summed E-state index contributed by atoms with van der Waals surface area (Å²) < 4.78 is 0. The Balaban J connectivity index is 2.62. The van der Waals surface area contributed by atoms with E-state index >= 15 is 0 Å². The summed E-state index contributed by atoms with van der Waals surface area (Å²) in [7, 11) is 1.88. The van der Waals surface area contributed by atoms with Gasteiger partial charge in [0.1, 0.15) is 4.99 Å². The average Bonchev–Trinajstić information content (AvgIpc) is 2.38. The maximum atomic E-state index is 11.9. The number of nitrogens with two attached hydrogens (primary N) is 1. The third-order valence-corrected chi connectivity index (χ3v) is 3.32. The van der Waals surface area contributed by atoms with E-state index in [0.717, 1.165) is 24.1 Å². The summed E-state index contributed by atoms with van der Waals surface area (Å²) in [6.07, 6.45) is 2.06. The van der Waals surface area contributed by atoms with Crippen LogP contribution >= 0.6 is 12.2 Å². The lowest BCUT2D eigenvalue weighted by atomic mass is 10.2. The Morgan fingerprint density at radius 2 is 2.20 bits per heavy atom. The Kier molecular flexibility index (Phi) is 6.45. The zero-order valence-electron chi connectivity index (χ0n) is 12.3. The number of rotatable bonds is 7. The highest BCUT2D eigenvalue weighted by Gasteiger charge is 2.10. The lowest BCUT2D eigenvalue weighted by Crippen LogP contribution is -2.39. The van der Waals surface area contributed by atoms with Gasteiger partial charge in [0.15, 0.2) is 0 Å². The minimum Gasteiger partial charge on any atom is -0.389 e. The molecule has 0 spiro atoms. The van der Waals surface area contributed by atoms with E-state index in [9.17, 15) is 4.79 Å². The average molecular weight is 293 g/mol. The molecule has 0 saturated heterocycles. The summed E-state index contributed by atoms with van der Waals surface area (Å²) >= 11 is 4.96. The minimum absolute atomic E-state index is 0.0224. The van der Waals surface area contributed by atoms with Gasteiger partial charge >= 0.3 is 0 Å². The SMILES string of the molecule is CCCC(C)NC(=O)CN(C)c1cccc(C(N)=S)c1. The van der Waals surface area contributed by atoms with Gasteiger partial charge in [0.2, 0.25) is 5.91 Å². The summed E-state index contributed by atoms with van der Waals surface area (Å²) in [6, 6.07) is 7.79. The number of nitrogens with zero attached hydrogens (tertiary/aromatic N) is 1. The first kappa shape index (κ1) is 16.4. The predicted molar refractivity (Wildman–Crippen MR) is 88.1 cm³/mol. The third kappa shape index (κ3) is 5.17. The van der Waals surface area contributed by atoms with E-state index in [2.05, 4.69) is 12.2 Å². The van der Waals surface area contributed by atoms with Gasteiger partial charge in [-0.15, -0.1) is 0 Å². The van der Waals surface area contributed by atoms with Gasteiger partial charge in [0, 0.05) is 24.3 Å². The number of anilines is 1. The Hall–Kier alpha value is -1.62. The first-order valence-corrected chi connectivity index (χ1v) is 7.25. The first-order valence-electron chi connectivity index (χ1n) is 6.84. The molecule has 0 bridgehead atoms. The van der Waals surface area contributed by atoms with Crippen LogP contribution in [-0.2, 0) is 4.79 Å². The van der Waals surface area contributed by atoms with Crippen molar-refractivity contribution in [1.82, 2.24) is 5.32 Å². The molecule has 0 aliphatic rings. The molecule has 3 N–H and O–H groups in total. The van der Waals surface area contributed by atoms with Crippen LogP contribution in [0.15, 0.2) is 24.3 Å². The number of benzene rings is 1. The van der Waals surface area contributed by atoms with Gasteiger partial charge in [-0.2, -0.15) is 0 Å². The van der Waals surface area contributed by atoms with Crippen molar-refractivity contribution in [1.29, 1.82) is 0 Å². The Labute approximate surface area is 126 Å². The van der Waals surface area contributed by atoms with Crippen LogP contribution in [-0.4, -0.2) is 30.5 Å². The number of amides is 1. The molecule has 5 heteroatoms. The van der Waals surface area contributed by atoms with Crippen LogP contribution in [0.2, 0.25) is 0 Å². The van der Waals surface area contributed by atoms with Gasteiger partial charge in [-0.05, 0) is 25.5 Å². The maximum absolute atomic E-state index is 11.9. The highest BCUT2D eigenvalue weighted by molar-refractivity contribution is 7.80. The largest absolute Gasteiger partial charge is 0.389 e. The van der Waals surface area contributed by atoms with Gasteiger partial charge in [-0.3, -0.25) is 4.79 Å². The van der Waals surface area contributed by atoms with E-state index in [1.54, 1.807) is 0 Å². The van der Waals surface area contributed by atoms with Crippen molar-refractivity contribution in [3.63, 3.8) is 0 Å². The summed E-state index contributed by atoms with van der Waals surface area (Å²) in [5.41, 5.74) is 7.35. The van der Waals surface area contributed by atoms with Gasteiger partial charge in [0.25, 0.3) is 0 Å². The Morgan fingerprint density at radius 1 is 1.50 bits per heavy atom. The second-order valence-corrected chi connectivity index (χ2v) is 5.47. The van der Waals surface area contributed by atoms with Crippen LogP contribution < -0.4 is 16.0 Å². The fourth-order valence-corrected chi connectivity index (χ4v) is 2.16. The molecule has 1 aromatic rings. The molecule has 1 amide bonds. The topological polar surface area (TPSA) is 58.4 Å². The zero-order chi connectivity index (χ0) is 15.1. The normalized spacial score (nSPS) is 11.8. The van der Waals surface area contributed by atoms with Crippen LogP contribution in [0.1, 0.15) is 32.3 Å². The highest BCUT2D eigenvalue weighted by atomic mass is 32.1. The Bertz CT molecular complexity index is 476. The summed E-state index contributed by atoms with van der Waals surface area (Å²) in [6.45, 7) is 4.44. The first-order chi connectivity index (χ1) is 9.43. The van der Waals surface area contributed by atoms with Crippen molar-refractivity contribution < 1.29 is 4.79 Å². The molecule has 1 rings (SSSR count). The number of thiocarbonyl (C=S) groups is 1. The van der Waals surface area contributed by atoms with Crippen molar-refractivity contribution in [2.45, 2.75) is 32.7 Å². The maximum Gasteiger partial charge on any atom is 0.239 e. The van der Waals surface area contributed by atoms with E-state index in [1.807, 2.05) is 43.1 Å². The van der Waals surface area contributed by atoms with Crippen LogP contribution in [0.3, 0.4) is 0 Å². The van der Waals surface area contributed by atoms with Gasteiger partial charge < -0.3 is 16.0 Å². The van der Waals surface area contributed by atoms with E-state index in [-0.39, 0.29) is 11.9 Å².